The standard InChI is InChI=1S/C19H22N6.CH2O2/c20-18-23-9-13-4-6-19(16(13)24-18)5-2-8-25(12-19)11-14-10-22-17-15(14)3-1-7-21-17;2-1-3/h1,3,7,9-10H,2,4-6,8,11-12H2,(H,21,22)(H2,20,23,24);1H,(H,2,3). The Morgan fingerprint density at radius 2 is 2.21 bits per heavy atom. The zero-order chi connectivity index (χ0) is 19.6. The second-order valence-electron chi connectivity index (χ2n) is 7.52. The van der Waals surface area contributed by atoms with Gasteiger partial charge in [-0.3, -0.25) is 9.69 Å². The summed E-state index contributed by atoms with van der Waals surface area (Å²) in [6.45, 7) is 2.87. The predicted octanol–water partition coefficient (Wildman–Crippen LogP) is 2.12. The maximum atomic E-state index is 8.36. The second kappa shape index (κ2) is 7.55. The highest BCUT2D eigenvalue weighted by Gasteiger charge is 2.43. The number of nitrogens with one attached hydrogen (secondary N) is 1. The average Bonchev–Trinajstić information content (AvgIpc) is 3.25. The summed E-state index contributed by atoms with van der Waals surface area (Å²) in [4.78, 5) is 27.4. The van der Waals surface area contributed by atoms with Crippen molar-refractivity contribution in [3.63, 3.8) is 0 Å². The highest BCUT2D eigenvalue weighted by Crippen LogP contribution is 2.44. The molecule has 3 aromatic rings. The van der Waals surface area contributed by atoms with Crippen LogP contribution in [0.3, 0.4) is 0 Å². The number of nitrogens with two attached hydrogens (primary N) is 1. The molecule has 0 radical (unpaired) electrons. The first-order valence-electron chi connectivity index (χ1n) is 9.48. The summed E-state index contributed by atoms with van der Waals surface area (Å²) in [6.07, 6.45) is 10.5. The Labute approximate surface area is 162 Å². The van der Waals surface area contributed by atoms with Gasteiger partial charge in [-0.1, -0.05) is 0 Å². The van der Waals surface area contributed by atoms with Crippen LogP contribution < -0.4 is 5.73 Å². The third kappa shape index (κ3) is 3.31. The van der Waals surface area contributed by atoms with Crippen LogP contribution in [-0.2, 0) is 23.2 Å². The van der Waals surface area contributed by atoms with E-state index in [4.69, 9.17) is 15.6 Å². The van der Waals surface area contributed by atoms with Crippen molar-refractivity contribution < 1.29 is 9.90 Å². The number of anilines is 1. The first-order valence-corrected chi connectivity index (χ1v) is 9.48. The molecule has 3 aromatic heterocycles. The van der Waals surface area contributed by atoms with Crippen molar-refractivity contribution in [2.24, 2.45) is 0 Å². The predicted molar refractivity (Wildman–Crippen MR) is 106 cm³/mol. The van der Waals surface area contributed by atoms with E-state index in [1.165, 1.54) is 35.0 Å². The molecule has 2 aliphatic rings. The Morgan fingerprint density at radius 3 is 3.07 bits per heavy atom. The topological polar surface area (TPSA) is 121 Å². The Balaban J connectivity index is 0.000000604. The van der Waals surface area contributed by atoms with Crippen molar-refractivity contribution in [2.45, 2.75) is 37.6 Å². The van der Waals surface area contributed by atoms with E-state index in [1.807, 2.05) is 18.5 Å². The molecule has 1 atom stereocenters. The molecule has 1 spiro atoms. The summed E-state index contributed by atoms with van der Waals surface area (Å²) in [6, 6.07) is 4.15. The first kappa shape index (κ1) is 18.4. The van der Waals surface area contributed by atoms with E-state index in [0.29, 0.717) is 5.95 Å². The van der Waals surface area contributed by atoms with Crippen molar-refractivity contribution >= 4 is 23.5 Å². The van der Waals surface area contributed by atoms with Crippen LogP contribution in [-0.4, -0.2) is 49.5 Å². The van der Waals surface area contributed by atoms with E-state index in [0.717, 1.165) is 38.1 Å². The highest BCUT2D eigenvalue weighted by atomic mass is 16.3. The molecule has 0 bridgehead atoms. The number of hydrogen-bond donors (Lipinski definition) is 3. The van der Waals surface area contributed by atoms with Gasteiger partial charge in [-0.25, -0.2) is 15.0 Å². The van der Waals surface area contributed by atoms with E-state index in [2.05, 4.69) is 37.1 Å². The van der Waals surface area contributed by atoms with E-state index in [-0.39, 0.29) is 11.9 Å². The molecule has 28 heavy (non-hydrogen) atoms. The fourth-order valence-electron chi connectivity index (χ4n) is 4.70. The van der Waals surface area contributed by atoms with Crippen molar-refractivity contribution in [3.05, 3.63) is 47.5 Å². The Bertz CT molecular complexity index is 984. The van der Waals surface area contributed by atoms with Crippen LogP contribution in [0.25, 0.3) is 11.0 Å². The largest absolute Gasteiger partial charge is 0.483 e. The third-order valence-corrected chi connectivity index (χ3v) is 5.85. The number of aromatic amines is 1. The monoisotopic (exact) mass is 380 g/mol. The molecular weight excluding hydrogens is 356 g/mol. The van der Waals surface area contributed by atoms with Gasteiger partial charge in [0.2, 0.25) is 5.95 Å². The molecule has 1 aliphatic heterocycles. The van der Waals surface area contributed by atoms with Gasteiger partial charge >= 0.3 is 0 Å². The summed E-state index contributed by atoms with van der Waals surface area (Å²) < 4.78 is 0. The Kier molecular flexibility index (Phi) is 4.95. The van der Waals surface area contributed by atoms with Gasteiger partial charge in [-0.05, 0) is 55.5 Å². The number of fused-ring (bicyclic) bond motifs is 3. The van der Waals surface area contributed by atoms with Gasteiger partial charge in [0, 0.05) is 42.5 Å². The van der Waals surface area contributed by atoms with Crippen LogP contribution in [0.4, 0.5) is 5.95 Å². The molecule has 1 fully saturated rings. The minimum absolute atomic E-state index is 0.148. The van der Waals surface area contributed by atoms with Gasteiger partial charge in [0.1, 0.15) is 5.65 Å². The maximum Gasteiger partial charge on any atom is 0.290 e. The smallest absolute Gasteiger partial charge is 0.290 e. The van der Waals surface area contributed by atoms with Crippen LogP contribution in [0.15, 0.2) is 30.7 Å². The van der Waals surface area contributed by atoms with Crippen molar-refractivity contribution in [1.29, 1.82) is 0 Å². The van der Waals surface area contributed by atoms with Gasteiger partial charge in [0.05, 0.1) is 5.69 Å². The summed E-state index contributed by atoms with van der Waals surface area (Å²) >= 11 is 0. The van der Waals surface area contributed by atoms with Gasteiger partial charge in [0.15, 0.2) is 0 Å². The lowest BCUT2D eigenvalue weighted by Crippen LogP contribution is -2.45. The van der Waals surface area contributed by atoms with E-state index in [9.17, 15) is 0 Å². The lowest BCUT2D eigenvalue weighted by molar-refractivity contribution is -0.122. The zero-order valence-electron chi connectivity index (χ0n) is 15.6. The molecule has 8 nitrogen and oxygen atoms in total. The molecule has 4 N–H and O–H groups in total. The van der Waals surface area contributed by atoms with E-state index in [1.54, 1.807) is 0 Å². The number of piperidine rings is 1. The van der Waals surface area contributed by atoms with Crippen LogP contribution in [0.1, 0.15) is 36.1 Å². The Morgan fingerprint density at radius 1 is 1.36 bits per heavy atom. The number of pyridine rings is 1. The fourth-order valence-corrected chi connectivity index (χ4v) is 4.70. The number of carbonyl (C=O) groups is 1. The number of likely N-dealkylation sites (tertiary alicyclic amines) is 1. The van der Waals surface area contributed by atoms with Crippen LogP contribution in [0.2, 0.25) is 0 Å². The molecule has 146 valence electrons. The molecule has 0 amide bonds. The van der Waals surface area contributed by atoms with Crippen LogP contribution >= 0.6 is 0 Å². The third-order valence-electron chi connectivity index (χ3n) is 5.85. The van der Waals surface area contributed by atoms with Crippen LogP contribution in [0.5, 0.6) is 0 Å². The molecule has 1 saturated heterocycles. The number of nitrogen functional groups attached to an aromatic ring is 1. The van der Waals surface area contributed by atoms with Crippen molar-refractivity contribution in [3.8, 4) is 0 Å². The van der Waals surface area contributed by atoms with Gasteiger partial charge in [-0.15, -0.1) is 0 Å². The van der Waals surface area contributed by atoms with E-state index < -0.39 is 0 Å². The Hall–Kier alpha value is -3.00. The number of aromatic nitrogens is 4. The lowest BCUT2D eigenvalue weighted by Gasteiger charge is -2.40. The first-order chi connectivity index (χ1) is 13.6. The fraction of sp³-hybridized carbons (Fsp3) is 0.400. The molecular formula is C20H24N6O2. The lowest BCUT2D eigenvalue weighted by atomic mass is 9.77. The summed E-state index contributed by atoms with van der Waals surface area (Å²) in [5.74, 6) is 0.403. The number of rotatable bonds is 2. The number of carboxylic acid groups (broad SMARTS) is 1. The average molecular weight is 380 g/mol. The minimum atomic E-state index is -0.250. The minimum Gasteiger partial charge on any atom is -0.483 e. The quantitative estimate of drug-likeness (QED) is 0.582. The molecule has 5 rings (SSSR count). The molecule has 1 unspecified atom stereocenters. The molecule has 0 aromatic carbocycles. The zero-order valence-corrected chi connectivity index (χ0v) is 15.6. The molecule has 1 aliphatic carbocycles. The van der Waals surface area contributed by atoms with Crippen molar-refractivity contribution in [1.82, 2.24) is 24.8 Å². The summed E-state index contributed by atoms with van der Waals surface area (Å²) in [7, 11) is 0. The second-order valence-corrected chi connectivity index (χ2v) is 7.52. The van der Waals surface area contributed by atoms with Gasteiger partial charge in [-0.2, -0.15) is 0 Å². The SMILES string of the molecule is Nc1ncc2c(n1)C1(CCCN(Cc3c[nH]c4ncccc34)C1)CC2.O=CO. The molecule has 8 heteroatoms. The highest BCUT2D eigenvalue weighted by molar-refractivity contribution is 5.79. The summed E-state index contributed by atoms with van der Waals surface area (Å²) in [5, 5.41) is 8.11. The van der Waals surface area contributed by atoms with Crippen molar-refractivity contribution in [2.75, 3.05) is 18.8 Å². The number of aryl methyl sites for hydroxylation is 1. The van der Waals surface area contributed by atoms with Gasteiger partial charge in [0.25, 0.3) is 6.47 Å². The normalized spacial score (nSPS) is 21.3. The number of nitrogens with zero attached hydrogens (tertiary/aromatic N) is 4. The van der Waals surface area contributed by atoms with Crippen LogP contribution in [0, 0.1) is 0 Å². The van der Waals surface area contributed by atoms with E-state index >= 15 is 0 Å². The molecule has 0 saturated carbocycles. The van der Waals surface area contributed by atoms with Gasteiger partial charge < -0.3 is 15.8 Å². The number of H-pyrrole nitrogens is 1. The molecule has 4 heterocycles. The number of hydrogen-bond acceptors (Lipinski definition) is 6. The maximum absolute atomic E-state index is 8.36. The summed E-state index contributed by atoms with van der Waals surface area (Å²) in [5.41, 5.74) is 10.8.